The summed E-state index contributed by atoms with van der Waals surface area (Å²) < 4.78 is 10.8. The van der Waals surface area contributed by atoms with E-state index in [2.05, 4.69) is 29.2 Å². The summed E-state index contributed by atoms with van der Waals surface area (Å²) in [5.41, 5.74) is 9.87. The molecular weight excluding hydrogens is 266 g/mol. The number of aryl methyl sites for hydroxylation is 3. The van der Waals surface area contributed by atoms with E-state index >= 15 is 0 Å². The first kappa shape index (κ1) is 15.7. The molecule has 0 spiro atoms. The van der Waals surface area contributed by atoms with Gasteiger partial charge in [-0.3, -0.25) is 0 Å². The topological polar surface area (TPSA) is 74.2 Å². The minimum Gasteiger partial charge on any atom is -0.379 e. The summed E-state index contributed by atoms with van der Waals surface area (Å²) in [6.45, 7) is 10.9. The van der Waals surface area contributed by atoms with Crippen LogP contribution in [0.1, 0.15) is 36.4 Å². The van der Waals surface area contributed by atoms with E-state index in [1.165, 1.54) is 5.56 Å². The third kappa shape index (κ3) is 3.31. The molecule has 0 saturated heterocycles. The van der Waals surface area contributed by atoms with Crippen LogP contribution in [0.25, 0.3) is 11.5 Å². The number of nitrogens with zero attached hydrogens (tertiary/aromatic N) is 2. The molecule has 1 aromatic carbocycles. The Hall–Kier alpha value is -1.72. The van der Waals surface area contributed by atoms with E-state index in [0.29, 0.717) is 24.9 Å². The molecule has 21 heavy (non-hydrogen) atoms. The molecule has 2 aromatic rings. The third-order valence-electron chi connectivity index (χ3n) is 3.43. The maximum atomic E-state index is 6.21. The van der Waals surface area contributed by atoms with Crippen molar-refractivity contribution in [3.63, 3.8) is 0 Å². The van der Waals surface area contributed by atoms with E-state index in [0.717, 1.165) is 16.7 Å². The molecule has 5 nitrogen and oxygen atoms in total. The van der Waals surface area contributed by atoms with E-state index in [1.54, 1.807) is 0 Å². The van der Waals surface area contributed by atoms with Crippen molar-refractivity contribution in [2.75, 3.05) is 13.2 Å². The van der Waals surface area contributed by atoms with Crippen molar-refractivity contribution < 1.29 is 9.26 Å². The van der Waals surface area contributed by atoms with Gasteiger partial charge in [0.25, 0.3) is 5.89 Å². The summed E-state index contributed by atoms with van der Waals surface area (Å²) in [6.07, 6.45) is 0. The Bertz CT molecular complexity index is 609. The summed E-state index contributed by atoms with van der Waals surface area (Å²) in [7, 11) is 0. The van der Waals surface area contributed by atoms with Crippen LogP contribution in [0.2, 0.25) is 0 Å². The summed E-state index contributed by atoms with van der Waals surface area (Å²) in [5.74, 6) is 0.971. The Labute approximate surface area is 125 Å². The summed E-state index contributed by atoms with van der Waals surface area (Å²) in [6, 6.07) is 4.21. The molecular formula is C16H23N3O2. The van der Waals surface area contributed by atoms with Gasteiger partial charge in [0.1, 0.15) is 5.54 Å². The fraction of sp³-hybridized carbons (Fsp3) is 0.500. The Morgan fingerprint density at radius 3 is 2.43 bits per heavy atom. The smallest absolute Gasteiger partial charge is 0.258 e. The highest BCUT2D eigenvalue weighted by Gasteiger charge is 2.28. The fourth-order valence-electron chi connectivity index (χ4n) is 2.45. The molecule has 2 N–H and O–H groups in total. The number of rotatable bonds is 5. The second-order valence-electron chi connectivity index (χ2n) is 5.75. The van der Waals surface area contributed by atoms with Crippen LogP contribution < -0.4 is 5.73 Å². The SMILES string of the molecule is CCOCC(C)(N)c1noc(-c2c(C)cc(C)cc2C)n1. The number of hydrogen-bond acceptors (Lipinski definition) is 5. The lowest BCUT2D eigenvalue weighted by Crippen LogP contribution is -2.39. The van der Waals surface area contributed by atoms with Gasteiger partial charge in [0.2, 0.25) is 0 Å². The Morgan fingerprint density at radius 2 is 1.86 bits per heavy atom. The van der Waals surface area contributed by atoms with Crippen molar-refractivity contribution in [1.82, 2.24) is 10.1 Å². The van der Waals surface area contributed by atoms with Crippen LogP contribution in [0.15, 0.2) is 16.7 Å². The number of aromatic nitrogens is 2. The molecule has 0 aliphatic rings. The van der Waals surface area contributed by atoms with Crippen LogP contribution in [-0.4, -0.2) is 23.4 Å². The van der Waals surface area contributed by atoms with Gasteiger partial charge in [-0.1, -0.05) is 22.9 Å². The Morgan fingerprint density at radius 1 is 1.24 bits per heavy atom. The van der Waals surface area contributed by atoms with Crippen LogP contribution in [0.3, 0.4) is 0 Å². The molecule has 1 aromatic heterocycles. The minimum atomic E-state index is -0.760. The van der Waals surface area contributed by atoms with Crippen LogP contribution in [-0.2, 0) is 10.3 Å². The molecule has 5 heteroatoms. The lowest BCUT2D eigenvalue weighted by Gasteiger charge is -2.19. The molecule has 0 saturated carbocycles. The van der Waals surface area contributed by atoms with Crippen LogP contribution >= 0.6 is 0 Å². The molecule has 0 fully saturated rings. The molecule has 2 rings (SSSR count). The molecule has 0 aliphatic carbocycles. The number of ether oxygens (including phenoxy) is 1. The standard InChI is InChI=1S/C16H23N3O2/c1-6-20-9-16(5,17)15-18-14(21-19-15)13-11(3)7-10(2)8-12(13)4/h7-8H,6,9,17H2,1-5H3. The van der Waals surface area contributed by atoms with E-state index < -0.39 is 5.54 Å². The van der Waals surface area contributed by atoms with Gasteiger partial charge in [-0.2, -0.15) is 4.98 Å². The van der Waals surface area contributed by atoms with Crippen LogP contribution in [0.5, 0.6) is 0 Å². The molecule has 0 bridgehead atoms. The second-order valence-corrected chi connectivity index (χ2v) is 5.75. The highest BCUT2D eigenvalue weighted by molar-refractivity contribution is 5.63. The van der Waals surface area contributed by atoms with Crippen molar-refractivity contribution >= 4 is 0 Å². The molecule has 114 valence electrons. The van der Waals surface area contributed by atoms with Gasteiger partial charge in [-0.15, -0.1) is 0 Å². The van der Waals surface area contributed by atoms with Gasteiger partial charge in [0.05, 0.1) is 6.61 Å². The number of nitrogens with two attached hydrogens (primary N) is 1. The van der Waals surface area contributed by atoms with Crippen molar-refractivity contribution in [2.24, 2.45) is 5.73 Å². The van der Waals surface area contributed by atoms with E-state index in [1.807, 2.05) is 27.7 Å². The molecule has 0 amide bonds. The van der Waals surface area contributed by atoms with Gasteiger partial charge in [0.15, 0.2) is 5.82 Å². The highest BCUT2D eigenvalue weighted by Crippen LogP contribution is 2.28. The predicted molar refractivity (Wildman–Crippen MR) is 82.0 cm³/mol. The largest absolute Gasteiger partial charge is 0.379 e. The first-order chi connectivity index (χ1) is 9.85. The second kappa shape index (κ2) is 5.95. The molecule has 1 atom stereocenters. The van der Waals surface area contributed by atoms with Gasteiger partial charge in [-0.25, -0.2) is 0 Å². The average molecular weight is 289 g/mol. The Balaban J connectivity index is 2.37. The molecule has 0 radical (unpaired) electrons. The van der Waals surface area contributed by atoms with E-state index in [9.17, 15) is 0 Å². The van der Waals surface area contributed by atoms with Gasteiger partial charge in [-0.05, 0) is 45.7 Å². The average Bonchev–Trinajstić information content (AvgIpc) is 2.85. The van der Waals surface area contributed by atoms with Crippen molar-refractivity contribution in [1.29, 1.82) is 0 Å². The first-order valence-electron chi connectivity index (χ1n) is 7.14. The first-order valence-corrected chi connectivity index (χ1v) is 7.14. The maximum absolute atomic E-state index is 6.21. The van der Waals surface area contributed by atoms with Gasteiger partial charge >= 0.3 is 0 Å². The predicted octanol–water partition coefficient (Wildman–Crippen LogP) is 2.87. The van der Waals surface area contributed by atoms with Crippen LogP contribution in [0.4, 0.5) is 0 Å². The van der Waals surface area contributed by atoms with Gasteiger partial charge in [0, 0.05) is 12.2 Å². The minimum absolute atomic E-state index is 0.355. The zero-order chi connectivity index (χ0) is 15.6. The molecule has 0 aliphatic heterocycles. The van der Waals surface area contributed by atoms with E-state index in [4.69, 9.17) is 15.0 Å². The van der Waals surface area contributed by atoms with Crippen LogP contribution in [0, 0.1) is 20.8 Å². The lowest BCUT2D eigenvalue weighted by atomic mass is 9.99. The summed E-state index contributed by atoms with van der Waals surface area (Å²) >= 11 is 0. The summed E-state index contributed by atoms with van der Waals surface area (Å²) in [5, 5.41) is 4.03. The summed E-state index contributed by atoms with van der Waals surface area (Å²) in [4.78, 5) is 4.47. The highest BCUT2D eigenvalue weighted by atomic mass is 16.5. The Kier molecular flexibility index (Phi) is 4.44. The number of hydrogen-bond donors (Lipinski definition) is 1. The zero-order valence-corrected chi connectivity index (χ0v) is 13.4. The quantitative estimate of drug-likeness (QED) is 0.916. The number of benzene rings is 1. The lowest BCUT2D eigenvalue weighted by molar-refractivity contribution is 0.0962. The monoisotopic (exact) mass is 289 g/mol. The maximum Gasteiger partial charge on any atom is 0.258 e. The van der Waals surface area contributed by atoms with E-state index in [-0.39, 0.29) is 0 Å². The van der Waals surface area contributed by atoms with Crippen molar-refractivity contribution in [3.8, 4) is 11.5 Å². The molecule has 1 heterocycles. The zero-order valence-electron chi connectivity index (χ0n) is 13.4. The van der Waals surface area contributed by atoms with Crippen molar-refractivity contribution in [2.45, 2.75) is 40.2 Å². The normalized spacial score (nSPS) is 14.2. The fourth-order valence-corrected chi connectivity index (χ4v) is 2.45. The molecule has 1 unspecified atom stereocenters. The third-order valence-corrected chi connectivity index (χ3v) is 3.43. The van der Waals surface area contributed by atoms with Gasteiger partial charge < -0.3 is 15.0 Å². The van der Waals surface area contributed by atoms with Crippen molar-refractivity contribution in [3.05, 3.63) is 34.6 Å².